The normalized spacial score (nSPS) is 32.9. The Kier molecular flexibility index (Phi) is 4.54. The molecule has 1 saturated heterocycles. The summed E-state index contributed by atoms with van der Waals surface area (Å²) in [5.74, 6) is 3.27. The Morgan fingerprint density at radius 1 is 1.19 bits per heavy atom. The average Bonchev–Trinajstić information content (AvgIpc) is 3.22. The first-order chi connectivity index (χ1) is 10.3. The van der Waals surface area contributed by atoms with Gasteiger partial charge in [0, 0.05) is 40.1 Å². The molecule has 0 radical (unpaired) electrons. The molecule has 1 aliphatic heterocycles. The number of nitrogens with zero attached hydrogens (tertiary/aromatic N) is 1. The number of aryl methyl sites for hydroxylation is 1. The topological polar surface area (TPSA) is 24.9 Å². The van der Waals surface area contributed by atoms with Gasteiger partial charge in [-0.1, -0.05) is 6.92 Å². The summed E-state index contributed by atoms with van der Waals surface area (Å²) < 4.78 is 0. The highest BCUT2D eigenvalue weighted by atomic mass is 32.2. The van der Waals surface area contributed by atoms with Gasteiger partial charge in [-0.25, -0.2) is 4.98 Å². The molecule has 21 heavy (non-hydrogen) atoms. The molecule has 0 spiro atoms. The van der Waals surface area contributed by atoms with E-state index in [0.717, 1.165) is 17.8 Å². The van der Waals surface area contributed by atoms with Crippen LogP contribution in [0.4, 0.5) is 0 Å². The minimum Gasteiger partial charge on any atom is -0.313 e. The van der Waals surface area contributed by atoms with Crippen LogP contribution < -0.4 is 5.32 Å². The van der Waals surface area contributed by atoms with Crippen molar-refractivity contribution in [2.24, 2.45) is 0 Å². The van der Waals surface area contributed by atoms with Crippen molar-refractivity contribution in [3.63, 3.8) is 0 Å². The van der Waals surface area contributed by atoms with Crippen LogP contribution in [0.5, 0.6) is 0 Å². The molecular weight excluding hydrogens is 316 g/mol. The fourth-order valence-corrected chi connectivity index (χ4v) is 7.70. The highest BCUT2D eigenvalue weighted by molar-refractivity contribution is 8.06. The molecule has 2 aliphatic carbocycles. The van der Waals surface area contributed by atoms with Gasteiger partial charge in [0.15, 0.2) is 0 Å². The number of hydrogen-bond acceptors (Lipinski definition) is 5. The maximum atomic E-state index is 5.15. The van der Waals surface area contributed by atoms with E-state index in [1.54, 1.807) is 4.88 Å². The van der Waals surface area contributed by atoms with Crippen molar-refractivity contribution >= 4 is 34.9 Å². The number of rotatable bonds is 4. The Morgan fingerprint density at radius 3 is 2.86 bits per heavy atom. The zero-order valence-electron chi connectivity index (χ0n) is 12.6. The van der Waals surface area contributed by atoms with Crippen LogP contribution in [0.3, 0.4) is 0 Å². The zero-order valence-corrected chi connectivity index (χ0v) is 15.1. The van der Waals surface area contributed by atoms with Crippen molar-refractivity contribution in [2.45, 2.75) is 61.5 Å². The van der Waals surface area contributed by atoms with Crippen molar-refractivity contribution < 1.29 is 0 Å². The van der Waals surface area contributed by atoms with E-state index >= 15 is 0 Å². The molecule has 2 nitrogen and oxygen atoms in total. The molecule has 0 amide bonds. The number of nitrogens with one attached hydrogen (secondary N) is 1. The Labute approximate surface area is 140 Å². The van der Waals surface area contributed by atoms with E-state index in [-0.39, 0.29) is 0 Å². The van der Waals surface area contributed by atoms with Crippen LogP contribution in [-0.4, -0.2) is 34.3 Å². The Bertz CT molecular complexity index is 498. The molecule has 3 atom stereocenters. The molecule has 1 aromatic heterocycles. The Balaban J connectivity index is 1.52. The highest BCUT2D eigenvalue weighted by Crippen LogP contribution is 2.46. The molecule has 1 aromatic rings. The molecule has 2 heterocycles. The molecule has 3 aliphatic rings. The van der Waals surface area contributed by atoms with Crippen LogP contribution >= 0.6 is 34.9 Å². The third-order valence-electron chi connectivity index (χ3n) is 4.75. The summed E-state index contributed by atoms with van der Waals surface area (Å²) >= 11 is 6.28. The number of fused-ring (bicyclic) bond motifs is 1. The largest absolute Gasteiger partial charge is 0.313 e. The van der Waals surface area contributed by atoms with E-state index in [1.807, 2.05) is 11.3 Å². The van der Waals surface area contributed by atoms with Gasteiger partial charge in [0.2, 0.25) is 0 Å². The van der Waals surface area contributed by atoms with Crippen LogP contribution in [0.2, 0.25) is 0 Å². The molecule has 3 unspecified atom stereocenters. The fraction of sp³-hybridized carbons (Fsp3) is 0.812. The summed E-state index contributed by atoms with van der Waals surface area (Å²) in [6.45, 7) is 3.54. The minimum atomic E-state index is 0.636. The number of hydrogen-bond donors (Lipinski definition) is 1. The average molecular weight is 341 g/mol. The van der Waals surface area contributed by atoms with Crippen LogP contribution in [0, 0.1) is 0 Å². The second-order valence-electron chi connectivity index (χ2n) is 6.50. The molecule has 2 fully saturated rings. The predicted octanol–water partition coefficient (Wildman–Crippen LogP) is 4.22. The summed E-state index contributed by atoms with van der Waals surface area (Å²) in [4.78, 5) is 6.75. The first-order valence-electron chi connectivity index (χ1n) is 8.27. The lowest BCUT2D eigenvalue weighted by atomic mass is 9.91. The van der Waals surface area contributed by atoms with Gasteiger partial charge in [-0.2, -0.15) is 11.8 Å². The van der Waals surface area contributed by atoms with Crippen LogP contribution in [-0.2, 0) is 6.42 Å². The second-order valence-corrected chi connectivity index (χ2v) is 10.3. The summed E-state index contributed by atoms with van der Waals surface area (Å²) in [5, 5.41) is 6.50. The van der Waals surface area contributed by atoms with Crippen molar-refractivity contribution in [1.29, 1.82) is 0 Å². The second kappa shape index (κ2) is 6.42. The van der Waals surface area contributed by atoms with Gasteiger partial charge in [0.1, 0.15) is 5.01 Å². The SMILES string of the molecule is CC1SCCSC1c1nc2c(s1)CCCC2CNC1CC1. The lowest BCUT2D eigenvalue weighted by Gasteiger charge is -2.26. The van der Waals surface area contributed by atoms with E-state index in [1.165, 1.54) is 54.3 Å². The summed E-state index contributed by atoms with van der Waals surface area (Å²) in [6.07, 6.45) is 6.72. The van der Waals surface area contributed by atoms with Crippen LogP contribution in [0.15, 0.2) is 0 Å². The Hall–Kier alpha value is 0.290. The van der Waals surface area contributed by atoms with Gasteiger partial charge >= 0.3 is 0 Å². The zero-order chi connectivity index (χ0) is 14.2. The van der Waals surface area contributed by atoms with E-state index in [9.17, 15) is 0 Å². The van der Waals surface area contributed by atoms with Gasteiger partial charge < -0.3 is 5.32 Å². The Morgan fingerprint density at radius 2 is 2.05 bits per heavy atom. The number of thiazole rings is 1. The summed E-state index contributed by atoms with van der Waals surface area (Å²) in [5.41, 5.74) is 1.46. The molecule has 0 bridgehead atoms. The van der Waals surface area contributed by atoms with Gasteiger partial charge in [0.05, 0.1) is 10.9 Å². The third kappa shape index (κ3) is 3.31. The molecule has 5 heteroatoms. The molecule has 4 rings (SSSR count). The number of aromatic nitrogens is 1. The maximum absolute atomic E-state index is 5.15. The highest BCUT2D eigenvalue weighted by Gasteiger charge is 2.32. The van der Waals surface area contributed by atoms with E-state index in [0.29, 0.717) is 11.2 Å². The standard InChI is InChI=1S/C16H24N2S3/c1-10-15(20-8-7-19-10)16-18-14-11(9-17-12-5-6-12)3-2-4-13(14)21-16/h10-12,15,17H,2-9H2,1H3. The molecular formula is C16H24N2S3. The van der Waals surface area contributed by atoms with Gasteiger partial charge in [0.25, 0.3) is 0 Å². The predicted molar refractivity (Wildman–Crippen MR) is 95.9 cm³/mol. The first kappa shape index (κ1) is 14.9. The van der Waals surface area contributed by atoms with Crippen LogP contribution in [0.25, 0.3) is 0 Å². The maximum Gasteiger partial charge on any atom is 0.107 e. The molecule has 116 valence electrons. The summed E-state index contributed by atoms with van der Waals surface area (Å²) in [7, 11) is 0. The van der Waals surface area contributed by atoms with E-state index < -0.39 is 0 Å². The molecule has 1 saturated carbocycles. The molecule has 0 aromatic carbocycles. The van der Waals surface area contributed by atoms with Crippen molar-refractivity contribution in [3.8, 4) is 0 Å². The molecule has 1 N–H and O–H groups in total. The van der Waals surface area contributed by atoms with Gasteiger partial charge in [-0.05, 0) is 32.1 Å². The van der Waals surface area contributed by atoms with Crippen molar-refractivity contribution in [2.75, 3.05) is 18.1 Å². The minimum absolute atomic E-state index is 0.636. The van der Waals surface area contributed by atoms with Gasteiger partial charge in [-0.3, -0.25) is 0 Å². The first-order valence-corrected chi connectivity index (χ1v) is 11.2. The monoisotopic (exact) mass is 340 g/mol. The van der Waals surface area contributed by atoms with E-state index in [4.69, 9.17) is 4.98 Å². The van der Waals surface area contributed by atoms with Crippen molar-refractivity contribution in [3.05, 3.63) is 15.6 Å². The lowest BCUT2D eigenvalue weighted by molar-refractivity contribution is 0.499. The number of thioether (sulfide) groups is 2. The lowest BCUT2D eigenvalue weighted by Crippen LogP contribution is -2.26. The quantitative estimate of drug-likeness (QED) is 0.887. The summed E-state index contributed by atoms with van der Waals surface area (Å²) in [6, 6.07) is 0.818. The smallest absolute Gasteiger partial charge is 0.107 e. The fourth-order valence-electron chi connectivity index (χ4n) is 3.35. The third-order valence-corrected chi connectivity index (χ3v) is 9.21. The van der Waals surface area contributed by atoms with Crippen LogP contribution in [0.1, 0.15) is 59.4 Å². The van der Waals surface area contributed by atoms with Crippen molar-refractivity contribution in [1.82, 2.24) is 10.3 Å². The van der Waals surface area contributed by atoms with Gasteiger partial charge in [-0.15, -0.1) is 23.1 Å². The van der Waals surface area contributed by atoms with E-state index in [2.05, 4.69) is 35.8 Å².